The van der Waals surface area contributed by atoms with Gasteiger partial charge in [-0.1, -0.05) is 32.0 Å². The number of hydrogen-bond acceptors (Lipinski definition) is 3. The number of aryl methyl sites for hydroxylation is 1. The normalized spacial score (nSPS) is 11.2. The zero-order valence-electron chi connectivity index (χ0n) is 14.1. The molecule has 4 nitrogen and oxygen atoms in total. The van der Waals surface area contributed by atoms with E-state index >= 15 is 4.39 Å². The number of aromatic nitrogens is 2. The van der Waals surface area contributed by atoms with Gasteiger partial charge in [-0.25, -0.2) is 4.98 Å². The summed E-state index contributed by atoms with van der Waals surface area (Å²) in [6.07, 6.45) is 1.57. The van der Waals surface area contributed by atoms with Gasteiger partial charge in [-0.3, -0.25) is 9.36 Å². The minimum atomic E-state index is -0.537. The zero-order chi connectivity index (χ0) is 17.4. The SMILES string of the molecule is COc1cc(-n2c(F)c(C(C)C)c3ccccc3c2=O)c(C)cn1. The van der Waals surface area contributed by atoms with Crippen LogP contribution in [0.25, 0.3) is 16.5 Å². The number of pyridine rings is 2. The van der Waals surface area contributed by atoms with Crippen LogP contribution in [0.4, 0.5) is 4.39 Å². The average Bonchev–Trinajstić information content (AvgIpc) is 2.56. The second-order valence-corrected chi connectivity index (χ2v) is 6.06. The molecule has 0 aliphatic heterocycles. The molecule has 0 amide bonds. The third kappa shape index (κ3) is 2.46. The highest BCUT2D eigenvalue weighted by Crippen LogP contribution is 2.28. The van der Waals surface area contributed by atoms with Crippen LogP contribution in [0, 0.1) is 12.9 Å². The van der Waals surface area contributed by atoms with Crippen molar-refractivity contribution in [1.82, 2.24) is 9.55 Å². The van der Waals surface area contributed by atoms with Crippen molar-refractivity contribution in [3.05, 3.63) is 64.0 Å². The van der Waals surface area contributed by atoms with Crippen LogP contribution in [0.15, 0.2) is 41.3 Å². The number of hydrogen-bond donors (Lipinski definition) is 0. The third-order valence-electron chi connectivity index (χ3n) is 4.15. The minimum Gasteiger partial charge on any atom is -0.481 e. The largest absolute Gasteiger partial charge is 0.481 e. The predicted molar refractivity (Wildman–Crippen MR) is 92.7 cm³/mol. The van der Waals surface area contributed by atoms with Crippen LogP contribution in [0.2, 0.25) is 0 Å². The van der Waals surface area contributed by atoms with Crippen LogP contribution >= 0.6 is 0 Å². The van der Waals surface area contributed by atoms with Gasteiger partial charge in [-0.05, 0) is 29.9 Å². The molecule has 3 rings (SSSR count). The first-order valence-electron chi connectivity index (χ1n) is 7.79. The van der Waals surface area contributed by atoms with Crippen molar-refractivity contribution in [2.24, 2.45) is 0 Å². The fourth-order valence-electron chi connectivity index (χ4n) is 2.96. The van der Waals surface area contributed by atoms with Gasteiger partial charge in [0.05, 0.1) is 12.8 Å². The van der Waals surface area contributed by atoms with Crippen molar-refractivity contribution in [2.75, 3.05) is 7.11 Å². The maximum atomic E-state index is 15.3. The molecule has 0 N–H and O–H groups in total. The minimum absolute atomic E-state index is 0.0641. The quantitative estimate of drug-likeness (QED) is 0.684. The molecule has 1 aromatic carbocycles. The van der Waals surface area contributed by atoms with Gasteiger partial charge in [0.15, 0.2) is 0 Å². The summed E-state index contributed by atoms with van der Waals surface area (Å²) in [5, 5.41) is 1.16. The van der Waals surface area contributed by atoms with Crippen LogP contribution in [0.1, 0.15) is 30.9 Å². The van der Waals surface area contributed by atoms with Gasteiger partial charge in [0, 0.05) is 23.2 Å². The molecule has 124 valence electrons. The molecule has 24 heavy (non-hydrogen) atoms. The molecule has 2 aromatic heterocycles. The molecule has 2 heterocycles. The van der Waals surface area contributed by atoms with Crippen molar-refractivity contribution in [3.8, 4) is 11.6 Å². The highest BCUT2D eigenvalue weighted by atomic mass is 19.1. The molecule has 0 fully saturated rings. The Morgan fingerprint density at radius 2 is 1.88 bits per heavy atom. The molecule has 0 aliphatic carbocycles. The molecule has 5 heteroatoms. The van der Waals surface area contributed by atoms with E-state index in [1.807, 2.05) is 19.9 Å². The van der Waals surface area contributed by atoms with Crippen molar-refractivity contribution in [2.45, 2.75) is 26.7 Å². The van der Waals surface area contributed by atoms with Gasteiger partial charge in [-0.2, -0.15) is 4.39 Å². The molecule has 0 bridgehead atoms. The van der Waals surface area contributed by atoms with E-state index in [1.54, 1.807) is 37.4 Å². The summed E-state index contributed by atoms with van der Waals surface area (Å²) in [6.45, 7) is 5.62. The molecule has 0 spiro atoms. The van der Waals surface area contributed by atoms with Crippen molar-refractivity contribution in [3.63, 3.8) is 0 Å². The number of rotatable bonds is 3. The first-order chi connectivity index (χ1) is 11.5. The Hall–Kier alpha value is -2.69. The molecule has 0 aliphatic rings. The number of benzene rings is 1. The van der Waals surface area contributed by atoms with Crippen LogP contribution in [-0.2, 0) is 0 Å². The Morgan fingerprint density at radius 1 is 1.21 bits per heavy atom. The monoisotopic (exact) mass is 326 g/mol. The molecule has 0 saturated heterocycles. The maximum absolute atomic E-state index is 15.3. The van der Waals surface area contributed by atoms with Crippen LogP contribution < -0.4 is 10.3 Å². The molecule has 0 unspecified atom stereocenters. The first kappa shape index (κ1) is 16.2. The number of ether oxygens (including phenoxy) is 1. The predicted octanol–water partition coefficient (Wildman–Crippen LogP) is 3.97. The van der Waals surface area contributed by atoms with Crippen molar-refractivity contribution < 1.29 is 9.13 Å². The Labute approximate surface area is 139 Å². The van der Waals surface area contributed by atoms with Gasteiger partial charge in [0.1, 0.15) is 0 Å². The van der Waals surface area contributed by atoms with Crippen LogP contribution in [0.5, 0.6) is 5.88 Å². The van der Waals surface area contributed by atoms with E-state index in [1.165, 1.54) is 7.11 Å². The van der Waals surface area contributed by atoms with Gasteiger partial charge >= 0.3 is 0 Å². The standard InChI is InChI=1S/C19H19FN2O2/c1-11(2)17-13-7-5-6-8-14(13)19(23)22(18(17)20)15-9-16(24-4)21-10-12(15)3/h5-11H,1-4H3. The summed E-state index contributed by atoms with van der Waals surface area (Å²) < 4.78 is 21.6. The lowest BCUT2D eigenvalue weighted by atomic mass is 9.97. The Kier molecular flexibility index (Phi) is 4.09. The number of fused-ring (bicyclic) bond motifs is 1. The summed E-state index contributed by atoms with van der Waals surface area (Å²) in [4.78, 5) is 17.0. The Morgan fingerprint density at radius 3 is 2.50 bits per heavy atom. The van der Waals surface area contributed by atoms with Crippen LogP contribution in [0.3, 0.4) is 0 Å². The van der Waals surface area contributed by atoms with Gasteiger partial charge in [-0.15, -0.1) is 0 Å². The summed E-state index contributed by atoms with van der Waals surface area (Å²) >= 11 is 0. The van der Waals surface area contributed by atoms with E-state index in [0.717, 1.165) is 4.57 Å². The van der Waals surface area contributed by atoms with Crippen molar-refractivity contribution in [1.29, 1.82) is 0 Å². The smallest absolute Gasteiger partial charge is 0.265 e. The fourth-order valence-corrected chi connectivity index (χ4v) is 2.96. The van der Waals surface area contributed by atoms with Crippen molar-refractivity contribution >= 4 is 10.8 Å². The third-order valence-corrected chi connectivity index (χ3v) is 4.15. The fraction of sp³-hybridized carbons (Fsp3) is 0.263. The van der Waals surface area contributed by atoms with E-state index in [2.05, 4.69) is 4.98 Å². The van der Waals surface area contributed by atoms with Gasteiger partial charge < -0.3 is 4.74 Å². The Bertz CT molecular complexity index is 977. The topological polar surface area (TPSA) is 44.1 Å². The molecular formula is C19H19FN2O2. The number of halogens is 1. The van der Waals surface area contributed by atoms with E-state index in [4.69, 9.17) is 4.74 Å². The summed E-state index contributed by atoms with van der Waals surface area (Å²) in [7, 11) is 1.49. The maximum Gasteiger partial charge on any atom is 0.265 e. The van der Waals surface area contributed by atoms with E-state index < -0.39 is 5.95 Å². The zero-order valence-corrected chi connectivity index (χ0v) is 14.1. The van der Waals surface area contributed by atoms with Gasteiger partial charge in [0.2, 0.25) is 11.8 Å². The van der Waals surface area contributed by atoms with Crippen LogP contribution in [-0.4, -0.2) is 16.7 Å². The molecule has 0 saturated carbocycles. The molecule has 0 atom stereocenters. The second-order valence-electron chi connectivity index (χ2n) is 6.06. The average molecular weight is 326 g/mol. The Balaban J connectivity index is 2.48. The second kappa shape index (κ2) is 6.07. The summed E-state index contributed by atoms with van der Waals surface area (Å²) in [5.74, 6) is -0.267. The molecular weight excluding hydrogens is 307 g/mol. The van der Waals surface area contributed by atoms with E-state index in [0.29, 0.717) is 33.5 Å². The molecule has 3 aromatic rings. The van der Waals surface area contributed by atoms with E-state index in [-0.39, 0.29) is 11.5 Å². The summed E-state index contributed by atoms with van der Waals surface area (Å²) in [6, 6.07) is 8.71. The van der Waals surface area contributed by atoms with Gasteiger partial charge in [0.25, 0.3) is 5.56 Å². The first-order valence-corrected chi connectivity index (χ1v) is 7.79. The number of methoxy groups -OCH3 is 1. The van der Waals surface area contributed by atoms with E-state index in [9.17, 15) is 4.79 Å². The lowest BCUT2D eigenvalue weighted by Gasteiger charge is -2.18. The summed E-state index contributed by atoms with van der Waals surface area (Å²) in [5.41, 5.74) is 1.28. The highest BCUT2D eigenvalue weighted by Gasteiger charge is 2.21. The lowest BCUT2D eigenvalue weighted by Crippen LogP contribution is -2.24. The molecule has 0 radical (unpaired) electrons. The highest BCUT2D eigenvalue weighted by molar-refractivity contribution is 5.85. The number of nitrogens with zero attached hydrogens (tertiary/aromatic N) is 2. The lowest BCUT2D eigenvalue weighted by molar-refractivity contribution is 0.397.